The van der Waals surface area contributed by atoms with Crippen molar-refractivity contribution in [2.45, 2.75) is 38.6 Å². The molecule has 5 nitrogen and oxygen atoms in total. The van der Waals surface area contributed by atoms with Gasteiger partial charge < -0.3 is 10.1 Å². The van der Waals surface area contributed by atoms with Crippen molar-refractivity contribution < 1.29 is 14.3 Å². The first-order valence-corrected chi connectivity index (χ1v) is 7.52. The van der Waals surface area contributed by atoms with Gasteiger partial charge in [-0.25, -0.2) is 9.78 Å². The number of nitrogens with one attached hydrogen (secondary N) is 1. The van der Waals surface area contributed by atoms with Crippen molar-refractivity contribution in [1.82, 2.24) is 10.3 Å². The molecule has 1 aromatic heterocycles. The summed E-state index contributed by atoms with van der Waals surface area (Å²) in [6.45, 7) is 1.83. The van der Waals surface area contributed by atoms with Gasteiger partial charge >= 0.3 is 5.97 Å². The molecule has 2 rings (SSSR count). The number of hydrogen-bond acceptors (Lipinski definition) is 4. The zero-order valence-electron chi connectivity index (χ0n) is 12.0. The molecule has 1 aliphatic rings. The Balaban J connectivity index is 1.81. The SMILES string of the molecule is CC1CCCCC1NC(=O)COC(=O)c1cccnc1Cl. The van der Waals surface area contributed by atoms with E-state index in [1.54, 1.807) is 6.07 Å². The number of amides is 1. The van der Waals surface area contributed by atoms with Crippen LogP contribution in [-0.2, 0) is 9.53 Å². The number of halogens is 1. The molecule has 1 heterocycles. The molecule has 2 unspecified atom stereocenters. The monoisotopic (exact) mass is 310 g/mol. The van der Waals surface area contributed by atoms with E-state index in [4.69, 9.17) is 16.3 Å². The first kappa shape index (κ1) is 15.8. The molecule has 21 heavy (non-hydrogen) atoms. The molecule has 1 amide bonds. The van der Waals surface area contributed by atoms with Crippen LogP contribution in [0.3, 0.4) is 0 Å². The minimum absolute atomic E-state index is 0.0730. The molecule has 6 heteroatoms. The molecule has 0 saturated heterocycles. The number of ether oxygens (including phenoxy) is 1. The van der Waals surface area contributed by atoms with Crippen LogP contribution in [0.1, 0.15) is 43.0 Å². The van der Waals surface area contributed by atoms with Crippen LogP contribution in [0, 0.1) is 5.92 Å². The second-order valence-corrected chi connectivity index (χ2v) is 5.71. The summed E-state index contributed by atoms with van der Waals surface area (Å²) in [4.78, 5) is 27.4. The van der Waals surface area contributed by atoms with Crippen molar-refractivity contribution in [3.63, 3.8) is 0 Å². The molecule has 0 bridgehead atoms. The van der Waals surface area contributed by atoms with Crippen molar-refractivity contribution >= 4 is 23.5 Å². The van der Waals surface area contributed by atoms with Gasteiger partial charge in [0.2, 0.25) is 0 Å². The molecular weight excluding hydrogens is 292 g/mol. The van der Waals surface area contributed by atoms with Crippen LogP contribution in [0.4, 0.5) is 0 Å². The van der Waals surface area contributed by atoms with Crippen LogP contribution in [0.15, 0.2) is 18.3 Å². The Morgan fingerprint density at radius 2 is 2.19 bits per heavy atom. The molecule has 114 valence electrons. The number of aromatic nitrogens is 1. The van der Waals surface area contributed by atoms with Crippen molar-refractivity contribution in [2.24, 2.45) is 5.92 Å². The van der Waals surface area contributed by atoms with Crippen molar-refractivity contribution in [3.8, 4) is 0 Å². The Labute approximate surface area is 129 Å². The van der Waals surface area contributed by atoms with E-state index in [1.807, 2.05) is 0 Å². The molecule has 1 aromatic rings. The number of rotatable bonds is 4. The second-order valence-electron chi connectivity index (χ2n) is 5.35. The van der Waals surface area contributed by atoms with E-state index >= 15 is 0 Å². The topological polar surface area (TPSA) is 68.3 Å². The standard InChI is InChI=1S/C15H19ClN2O3/c1-10-5-2-3-7-12(10)18-13(19)9-21-15(20)11-6-4-8-17-14(11)16/h4,6,8,10,12H,2-3,5,7,9H2,1H3,(H,18,19). The number of nitrogens with zero attached hydrogens (tertiary/aromatic N) is 1. The summed E-state index contributed by atoms with van der Waals surface area (Å²) in [5, 5.41) is 3.00. The fourth-order valence-corrected chi connectivity index (χ4v) is 2.72. The van der Waals surface area contributed by atoms with Gasteiger partial charge in [-0.2, -0.15) is 0 Å². The van der Waals surface area contributed by atoms with Gasteiger partial charge in [0.15, 0.2) is 6.61 Å². The largest absolute Gasteiger partial charge is 0.452 e. The summed E-state index contributed by atoms with van der Waals surface area (Å²) >= 11 is 5.80. The Kier molecular flexibility index (Phi) is 5.56. The highest BCUT2D eigenvalue weighted by atomic mass is 35.5. The van der Waals surface area contributed by atoms with E-state index < -0.39 is 5.97 Å². The molecular formula is C15H19ClN2O3. The van der Waals surface area contributed by atoms with Gasteiger partial charge in [0.1, 0.15) is 5.15 Å². The van der Waals surface area contributed by atoms with E-state index in [1.165, 1.54) is 18.7 Å². The Hall–Kier alpha value is -1.62. The molecule has 0 aliphatic heterocycles. The first-order chi connectivity index (χ1) is 10.1. The number of pyridine rings is 1. The molecule has 0 spiro atoms. The Morgan fingerprint density at radius 3 is 2.90 bits per heavy atom. The molecule has 2 atom stereocenters. The molecule has 1 saturated carbocycles. The maximum Gasteiger partial charge on any atom is 0.341 e. The Bertz CT molecular complexity index is 521. The summed E-state index contributed by atoms with van der Waals surface area (Å²) in [6, 6.07) is 3.28. The van der Waals surface area contributed by atoms with Crippen LogP contribution >= 0.6 is 11.6 Å². The van der Waals surface area contributed by atoms with Gasteiger partial charge in [-0.3, -0.25) is 4.79 Å². The third-order valence-electron chi connectivity index (χ3n) is 3.77. The fourth-order valence-electron chi connectivity index (χ4n) is 2.53. The highest BCUT2D eigenvalue weighted by molar-refractivity contribution is 6.32. The van der Waals surface area contributed by atoms with Gasteiger partial charge in [-0.1, -0.05) is 31.4 Å². The van der Waals surface area contributed by atoms with Gasteiger partial charge in [0, 0.05) is 12.2 Å². The minimum atomic E-state index is -0.639. The highest BCUT2D eigenvalue weighted by Crippen LogP contribution is 2.23. The quantitative estimate of drug-likeness (QED) is 0.685. The van der Waals surface area contributed by atoms with Crippen LogP contribution in [0.5, 0.6) is 0 Å². The third-order valence-corrected chi connectivity index (χ3v) is 4.07. The fraction of sp³-hybridized carbons (Fsp3) is 0.533. The normalized spacial score (nSPS) is 21.6. The lowest BCUT2D eigenvalue weighted by atomic mass is 9.86. The average molecular weight is 311 g/mol. The van der Waals surface area contributed by atoms with E-state index in [0.29, 0.717) is 5.92 Å². The lowest BCUT2D eigenvalue weighted by Gasteiger charge is -2.29. The summed E-state index contributed by atoms with van der Waals surface area (Å²) < 4.78 is 4.97. The number of carbonyl (C=O) groups excluding carboxylic acids is 2. The van der Waals surface area contributed by atoms with E-state index in [2.05, 4.69) is 17.2 Å². The predicted molar refractivity (Wildman–Crippen MR) is 79.1 cm³/mol. The number of hydrogen-bond donors (Lipinski definition) is 1. The summed E-state index contributed by atoms with van der Waals surface area (Å²) in [6.07, 6.45) is 5.92. The molecule has 0 radical (unpaired) electrons. The van der Waals surface area contributed by atoms with E-state index in [0.717, 1.165) is 19.3 Å². The smallest absolute Gasteiger partial charge is 0.341 e. The van der Waals surface area contributed by atoms with Crippen molar-refractivity contribution in [3.05, 3.63) is 29.0 Å². The molecule has 1 fully saturated rings. The first-order valence-electron chi connectivity index (χ1n) is 7.15. The summed E-state index contributed by atoms with van der Waals surface area (Å²) in [5.41, 5.74) is 0.165. The van der Waals surface area contributed by atoms with Crippen LogP contribution in [-0.4, -0.2) is 29.5 Å². The number of carbonyl (C=O) groups is 2. The minimum Gasteiger partial charge on any atom is -0.452 e. The van der Waals surface area contributed by atoms with Gasteiger partial charge in [0.05, 0.1) is 5.56 Å². The van der Waals surface area contributed by atoms with Gasteiger partial charge in [-0.05, 0) is 30.9 Å². The zero-order chi connectivity index (χ0) is 15.2. The lowest BCUT2D eigenvalue weighted by Crippen LogP contribution is -2.42. The predicted octanol–water partition coefficient (Wildman–Crippen LogP) is 2.59. The summed E-state index contributed by atoms with van der Waals surface area (Å²) in [5.74, 6) is -0.451. The van der Waals surface area contributed by atoms with Crippen LogP contribution in [0.2, 0.25) is 5.15 Å². The van der Waals surface area contributed by atoms with E-state index in [9.17, 15) is 9.59 Å². The van der Waals surface area contributed by atoms with Crippen LogP contribution < -0.4 is 5.32 Å². The zero-order valence-corrected chi connectivity index (χ0v) is 12.7. The summed E-state index contributed by atoms with van der Waals surface area (Å²) in [7, 11) is 0. The number of esters is 1. The third kappa shape index (κ3) is 4.43. The van der Waals surface area contributed by atoms with Crippen molar-refractivity contribution in [2.75, 3.05) is 6.61 Å². The highest BCUT2D eigenvalue weighted by Gasteiger charge is 2.23. The van der Waals surface area contributed by atoms with Gasteiger partial charge in [-0.15, -0.1) is 0 Å². The lowest BCUT2D eigenvalue weighted by molar-refractivity contribution is -0.125. The maximum absolute atomic E-state index is 11.8. The molecule has 0 aromatic carbocycles. The molecule has 1 aliphatic carbocycles. The Morgan fingerprint density at radius 1 is 1.43 bits per heavy atom. The average Bonchev–Trinajstić information content (AvgIpc) is 2.48. The maximum atomic E-state index is 11.8. The molecule has 1 N–H and O–H groups in total. The van der Waals surface area contributed by atoms with Gasteiger partial charge in [0.25, 0.3) is 5.91 Å². The van der Waals surface area contributed by atoms with Crippen LogP contribution in [0.25, 0.3) is 0 Å². The van der Waals surface area contributed by atoms with Crippen molar-refractivity contribution in [1.29, 1.82) is 0 Å². The second kappa shape index (κ2) is 7.41. The van der Waals surface area contributed by atoms with E-state index in [-0.39, 0.29) is 29.3 Å².